The molecule has 2 nitrogen and oxygen atoms in total. The maximum absolute atomic E-state index is 8.39. The van der Waals surface area contributed by atoms with Crippen molar-refractivity contribution in [3.05, 3.63) is 139 Å². The zero-order valence-corrected chi connectivity index (χ0v) is 32.5. The molecule has 0 unspecified atom stereocenters. The number of hydrogen-bond acceptors (Lipinski definition) is 3. The smallest absolute Gasteiger partial charge is 0 e. The summed E-state index contributed by atoms with van der Waals surface area (Å²) in [7, 11) is 0. The molecule has 0 aliphatic carbocycles. The van der Waals surface area contributed by atoms with E-state index in [4.69, 9.17) is 1.37 Å². The largest absolute Gasteiger partial charge is 0 e. The molecule has 3 heterocycles. The van der Waals surface area contributed by atoms with E-state index in [9.17, 15) is 0 Å². The van der Waals surface area contributed by atoms with Crippen LogP contribution in [-0.2, 0) is 20.1 Å². The van der Waals surface area contributed by atoms with E-state index in [1.807, 2.05) is 62.5 Å². The van der Waals surface area contributed by atoms with Crippen molar-refractivity contribution in [2.24, 2.45) is 0 Å². The fourth-order valence-electron chi connectivity index (χ4n) is 5.80. The van der Waals surface area contributed by atoms with Gasteiger partial charge in [0.25, 0.3) is 0 Å². The van der Waals surface area contributed by atoms with Crippen LogP contribution < -0.4 is 4.40 Å². The quantitative estimate of drug-likeness (QED) is 0.100. The van der Waals surface area contributed by atoms with Crippen molar-refractivity contribution in [2.45, 2.75) is 37.0 Å². The van der Waals surface area contributed by atoms with Crippen LogP contribution in [0.3, 0.4) is 0 Å². The van der Waals surface area contributed by atoms with E-state index in [0.29, 0.717) is 0 Å². The molecule has 5 heteroatoms. The Kier molecular flexibility index (Phi) is 9.38. The Morgan fingerprint density at radius 3 is 2.11 bits per heavy atom. The molecule has 235 valence electrons. The zero-order valence-electron chi connectivity index (χ0n) is 28.2. The predicted octanol–water partition coefficient (Wildman–Crippen LogP) is 11.4. The Hall–Kier alpha value is -3.67. The van der Waals surface area contributed by atoms with Gasteiger partial charge in [0.2, 0.25) is 0 Å². The molecule has 0 amide bonds. The normalized spacial score (nSPS) is 12.1. The summed E-state index contributed by atoms with van der Waals surface area (Å²) in [5.41, 5.74) is 4.93. The predicted molar refractivity (Wildman–Crippen MR) is 202 cm³/mol. The maximum atomic E-state index is 8.39. The minimum atomic E-state index is -1.72. The van der Waals surface area contributed by atoms with E-state index >= 15 is 0 Å². The van der Waals surface area contributed by atoms with Crippen LogP contribution in [0.25, 0.3) is 64.2 Å². The SMILES string of the molecule is [2H]C(C)(C)c1ccnc(-c2[c-]ccc3c2sc2cc4cc5ccccc5cc4cc23)c1.[CH3][Ge]([CH3])([CH3])[c]1ccc(-c2[c-]cccc2)nc1.[Ir]. The summed E-state index contributed by atoms with van der Waals surface area (Å²) in [5.74, 6) is 6.48. The number of thiophene rings is 1. The second-order valence-electron chi connectivity index (χ2n) is 13.0. The van der Waals surface area contributed by atoms with Gasteiger partial charge in [0.1, 0.15) is 0 Å². The van der Waals surface area contributed by atoms with Crippen LogP contribution in [0, 0.1) is 12.1 Å². The first-order valence-corrected chi connectivity index (χ1v) is 23.8. The molecule has 8 aromatic rings. The third-order valence-corrected chi connectivity index (χ3v) is 13.9. The van der Waals surface area contributed by atoms with Gasteiger partial charge < -0.3 is 4.98 Å². The minimum absolute atomic E-state index is 0. The van der Waals surface area contributed by atoms with Gasteiger partial charge in [-0.15, -0.1) is 23.8 Å². The summed E-state index contributed by atoms with van der Waals surface area (Å²) >= 11 is 0.0827. The van der Waals surface area contributed by atoms with Gasteiger partial charge in [0.05, 0.1) is 0 Å². The van der Waals surface area contributed by atoms with Gasteiger partial charge in [0, 0.05) is 32.4 Å². The molecule has 0 saturated carbocycles. The first-order valence-electron chi connectivity index (χ1n) is 16.1. The molecule has 3 aromatic heterocycles. The summed E-state index contributed by atoms with van der Waals surface area (Å²) in [5, 5.41) is 7.57. The maximum Gasteiger partial charge on any atom is 0 e. The van der Waals surface area contributed by atoms with Crippen molar-refractivity contribution in [3.8, 4) is 22.5 Å². The Morgan fingerprint density at radius 2 is 1.45 bits per heavy atom. The molecule has 47 heavy (non-hydrogen) atoms. The Balaban J connectivity index is 0.000000201. The van der Waals surface area contributed by atoms with Gasteiger partial charge in [-0.1, -0.05) is 55.1 Å². The molecule has 8 rings (SSSR count). The first-order chi connectivity index (χ1) is 22.5. The van der Waals surface area contributed by atoms with Crippen LogP contribution in [0.2, 0.25) is 17.3 Å². The molecule has 0 saturated heterocycles. The molecule has 0 N–H and O–H groups in total. The molecular weight excluding hydrogens is 829 g/mol. The van der Waals surface area contributed by atoms with Crippen LogP contribution in [0.1, 0.15) is 26.7 Å². The van der Waals surface area contributed by atoms with Gasteiger partial charge in [0.15, 0.2) is 0 Å². The van der Waals surface area contributed by atoms with E-state index in [1.165, 1.54) is 46.1 Å². The van der Waals surface area contributed by atoms with E-state index in [0.717, 1.165) is 28.1 Å². The summed E-state index contributed by atoms with van der Waals surface area (Å²) in [6.45, 7) is 3.82. The van der Waals surface area contributed by atoms with Crippen molar-refractivity contribution >= 4 is 70.7 Å². The van der Waals surface area contributed by atoms with Crippen LogP contribution in [0.5, 0.6) is 0 Å². The zero-order chi connectivity index (χ0) is 32.8. The van der Waals surface area contributed by atoms with E-state index < -0.39 is 19.2 Å². The monoisotopic (exact) mass is 868 g/mol. The van der Waals surface area contributed by atoms with Crippen LogP contribution in [0.15, 0.2) is 122 Å². The number of aromatic nitrogens is 2. The van der Waals surface area contributed by atoms with Crippen LogP contribution >= 0.6 is 11.3 Å². The van der Waals surface area contributed by atoms with Crippen LogP contribution in [-0.4, -0.2) is 23.2 Å². The van der Waals surface area contributed by atoms with E-state index in [2.05, 4.69) is 106 Å². The molecule has 5 aromatic carbocycles. The Bertz CT molecular complexity index is 2370. The van der Waals surface area contributed by atoms with Crippen molar-refractivity contribution in [3.63, 3.8) is 0 Å². The van der Waals surface area contributed by atoms with Crippen molar-refractivity contribution < 1.29 is 21.5 Å². The summed E-state index contributed by atoms with van der Waals surface area (Å²) in [4.78, 5) is 9.16. The number of benzene rings is 5. The van der Waals surface area contributed by atoms with Gasteiger partial charge in [-0.3, -0.25) is 0 Å². The Labute approximate surface area is 299 Å². The molecule has 0 aliphatic rings. The number of hydrogen-bond donors (Lipinski definition) is 0. The molecule has 1 radical (unpaired) electrons. The number of nitrogens with zero attached hydrogens (tertiary/aromatic N) is 2. The number of rotatable bonds is 4. The number of pyridine rings is 2. The fraction of sp³-hybridized carbons (Fsp3) is 0.143. The third-order valence-electron chi connectivity index (χ3n) is 8.46. The molecule has 0 aliphatic heterocycles. The third kappa shape index (κ3) is 6.98. The first kappa shape index (κ1) is 31.9. The molecular formula is C42H36GeIrN2S-2. The van der Waals surface area contributed by atoms with Gasteiger partial charge in [-0.25, -0.2) is 0 Å². The van der Waals surface area contributed by atoms with Crippen molar-refractivity contribution in [1.82, 2.24) is 9.97 Å². The van der Waals surface area contributed by atoms with Gasteiger partial charge in [-0.2, -0.15) is 11.3 Å². The standard InChI is InChI=1S/C28H20NS.C14H16GeN.Ir/c1-17(2)18-10-11-29-26(15-18)24-9-5-8-23-25-14-21-12-19-6-3-4-7-20(19)13-22(21)16-27(25)30-28(23)24;1-15(2,3)13-9-10-14(16-11-13)12-7-5-4-6-8-12;/h3-8,10-17H,1-2H3;4-7,9-11H,1-3H3;/q2*-1;/i17D;;. The summed E-state index contributed by atoms with van der Waals surface area (Å²) in [6.07, 6.45) is 3.84. The van der Waals surface area contributed by atoms with Gasteiger partial charge in [-0.05, 0) is 73.6 Å². The Morgan fingerprint density at radius 1 is 0.702 bits per heavy atom. The van der Waals surface area contributed by atoms with Crippen molar-refractivity contribution in [2.75, 3.05) is 0 Å². The molecule has 0 spiro atoms. The van der Waals surface area contributed by atoms with Gasteiger partial charge >= 0.3 is 99.8 Å². The van der Waals surface area contributed by atoms with Crippen molar-refractivity contribution in [1.29, 1.82) is 0 Å². The summed E-state index contributed by atoms with van der Waals surface area (Å²) < 4.78 is 12.3. The minimum Gasteiger partial charge on any atom is 0 e. The van der Waals surface area contributed by atoms with Crippen LogP contribution in [0.4, 0.5) is 0 Å². The van der Waals surface area contributed by atoms with E-state index in [1.54, 1.807) is 17.5 Å². The average molecular weight is 867 g/mol. The molecule has 0 bridgehead atoms. The molecule has 0 fully saturated rings. The molecule has 0 atom stereocenters. The topological polar surface area (TPSA) is 25.8 Å². The fourth-order valence-corrected chi connectivity index (χ4v) is 9.21. The second kappa shape index (κ2) is 13.8. The second-order valence-corrected chi connectivity index (χ2v) is 24.7. The number of fused-ring (bicyclic) bond motifs is 5. The summed E-state index contributed by atoms with van der Waals surface area (Å²) in [6, 6.07) is 44.7. The average Bonchev–Trinajstić information content (AvgIpc) is 3.44. The van der Waals surface area contributed by atoms with E-state index in [-0.39, 0.29) is 20.1 Å².